The van der Waals surface area contributed by atoms with Gasteiger partial charge in [-0.1, -0.05) is 6.07 Å². The highest BCUT2D eigenvalue weighted by molar-refractivity contribution is 9.10. The Kier molecular flexibility index (Phi) is 5.03. The third kappa shape index (κ3) is 3.85. The van der Waals surface area contributed by atoms with Crippen LogP contribution in [-0.2, 0) is 6.54 Å². The Balaban J connectivity index is 2.02. The van der Waals surface area contributed by atoms with Gasteiger partial charge in [0, 0.05) is 19.2 Å². The van der Waals surface area contributed by atoms with Crippen molar-refractivity contribution in [1.82, 2.24) is 4.57 Å². The molecule has 2 rings (SSSR count). The number of carbonyl (C=O) groups excluding carboxylic acids is 1. The van der Waals surface area contributed by atoms with Crippen LogP contribution in [0.1, 0.15) is 22.5 Å². The van der Waals surface area contributed by atoms with E-state index in [0.29, 0.717) is 24.3 Å². The molecule has 0 spiro atoms. The fraction of sp³-hybridized carbons (Fsp3) is 0.231. The van der Waals surface area contributed by atoms with E-state index >= 15 is 0 Å². The molecule has 0 atom stereocenters. The molecule has 2 aromatic heterocycles. The van der Waals surface area contributed by atoms with Crippen LogP contribution in [-0.4, -0.2) is 15.3 Å². The summed E-state index contributed by atoms with van der Waals surface area (Å²) < 4.78 is 1.69. The summed E-state index contributed by atoms with van der Waals surface area (Å²) in [5, 5.41) is 12.6. The van der Waals surface area contributed by atoms with Crippen molar-refractivity contribution in [2.24, 2.45) is 0 Å². The Morgan fingerprint density at radius 1 is 1.43 bits per heavy atom. The van der Waals surface area contributed by atoms with Crippen LogP contribution in [0.3, 0.4) is 0 Å². The van der Waals surface area contributed by atoms with Crippen molar-refractivity contribution in [1.29, 1.82) is 0 Å². The Bertz CT molecular complexity index is 724. The fourth-order valence-corrected chi connectivity index (χ4v) is 2.98. The van der Waals surface area contributed by atoms with Crippen LogP contribution in [0.2, 0.25) is 0 Å². The fourth-order valence-electron chi connectivity index (χ4n) is 1.82. The molecule has 0 aromatic carbocycles. The largest absolute Gasteiger partial charge is 0.347 e. The van der Waals surface area contributed by atoms with Crippen LogP contribution in [0, 0.1) is 10.1 Å². The van der Waals surface area contributed by atoms with Gasteiger partial charge in [0.25, 0.3) is 5.43 Å². The monoisotopic (exact) mass is 370 g/mol. The predicted octanol–water partition coefficient (Wildman–Crippen LogP) is 3.24. The smallest absolute Gasteiger partial charge is 0.333 e. The maximum Gasteiger partial charge on any atom is 0.333 e. The van der Waals surface area contributed by atoms with Crippen molar-refractivity contribution >= 4 is 38.7 Å². The molecule has 8 heteroatoms. The quantitative estimate of drug-likeness (QED) is 0.443. The zero-order valence-corrected chi connectivity index (χ0v) is 13.2. The summed E-state index contributed by atoms with van der Waals surface area (Å²) in [4.78, 5) is 34.2. The molecule has 21 heavy (non-hydrogen) atoms. The molecule has 0 aliphatic carbocycles. The molecule has 6 nitrogen and oxygen atoms in total. The van der Waals surface area contributed by atoms with Gasteiger partial charge in [-0.15, -0.1) is 11.3 Å². The number of thiophene rings is 1. The number of rotatable bonds is 6. The van der Waals surface area contributed by atoms with Crippen molar-refractivity contribution in [3.63, 3.8) is 0 Å². The van der Waals surface area contributed by atoms with Crippen molar-refractivity contribution in [2.75, 3.05) is 0 Å². The van der Waals surface area contributed by atoms with E-state index in [1.54, 1.807) is 10.6 Å². The number of Topliss-reactive ketones (excluding diaryl/α,β-unsaturated/α-hetero) is 1. The summed E-state index contributed by atoms with van der Waals surface area (Å²) in [6.45, 7) is 0.427. The number of aryl methyl sites for hydroxylation is 1. The van der Waals surface area contributed by atoms with Crippen LogP contribution in [0.15, 0.2) is 39.2 Å². The minimum atomic E-state index is -0.708. The maximum absolute atomic E-state index is 11.8. The first-order valence-electron chi connectivity index (χ1n) is 6.09. The maximum atomic E-state index is 11.8. The lowest BCUT2D eigenvalue weighted by Crippen LogP contribution is -2.13. The summed E-state index contributed by atoms with van der Waals surface area (Å²) in [6, 6.07) is 3.59. The van der Waals surface area contributed by atoms with Crippen LogP contribution in [0.25, 0.3) is 0 Å². The molecule has 110 valence electrons. The Morgan fingerprint density at radius 2 is 2.19 bits per heavy atom. The second-order valence-electron chi connectivity index (χ2n) is 4.32. The third-order valence-electron chi connectivity index (χ3n) is 2.83. The highest BCUT2D eigenvalue weighted by Crippen LogP contribution is 2.14. The van der Waals surface area contributed by atoms with Gasteiger partial charge in [-0.25, -0.2) is 0 Å². The number of hydrogen-bond donors (Lipinski definition) is 0. The number of aromatic nitrogens is 1. The molecule has 0 fully saturated rings. The van der Waals surface area contributed by atoms with Crippen LogP contribution >= 0.6 is 27.3 Å². The molecular weight excluding hydrogens is 360 g/mol. The summed E-state index contributed by atoms with van der Waals surface area (Å²) in [6.07, 6.45) is 3.59. The lowest BCUT2D eigenvalue weighted by molar-refractivity contribution is -0.386. The van der Waals surface area contributed by atoms with Gasteiger partial charge in [-0.2, -0.15) is 0 Å². The Labute approximate surface area is 132 Å². The van der Waals surface area contributed by atoms with Crippen molar-refractivity contribution in [3.8, 4) is 0 Å². The van der Waals surface area contributed by atoms with Gasteiger partial charge in [0.05, 0.1) is 20.5 Å². The molecule has 0 saturated carbocycles. The zero-order valence-electron chi connectivity index (χ0n) is 10.8. The number of pyridine rings is 1. The predicted molar refractivity (Wildman–Crippen MR) is 82.9 cm³/mol. The molecule has 2 heterocycles. The Morgan fingerprint density at radius 3 is 2.81 bits per heavy atom. The first-order chi connectivity index (χ1) is 9.99. The zero-order chi connectivity index (χ0) is 15.4. The van der Waals surface area contributed by atoms with E-state index in [-0.39, 0.29) is 10.3 Å². The van der Waals surface area contributed by atoms with Crippen LogP contribution in [0.4, 0.5) is 5.69 Å². The minimum Gasteiger partial charge on any atom is -0.347 e. The van der Waals surface area contributed by atoms with Gasteiger partial charge in [-0.05, 0) is 33.8 Å². The lowest BCUT2D eigenvalue weighted by atomic mass is 10.2. The van der Waals surface area contributed by atoms with E-state index in [1.807, 2.05) is 11.4 Å². The normalized spacial score (nSPS) is 10.5. The second-order valence-corrected chi connectivity index (χ2v) is 6.12. The molecule has 0 radical (unpaired) electrons. The highest BCUT2D eigenvalue weighted by Gasteiger charge is 2.15. The van der Waals surface area contributed by atoms with E-state index in [2.05, 4.69) is 15.9 Å². The van der Waals surface area contributed by atoms with Gasteiger partial charge in [-0.3, -0.25) is 19.7 Å². The summed E-state index contributed by atoms with van der Waals surface area (Å²) in [7, 11) is 0. The van der Waals surface area contributed by atoms with Gasteiger partial charge >= 0.3 is 5.69 Å². The van der Waals surface area contributed by atoms with E-state index in [0.717, 1.165) is 0 Å². The van der Waals surface area contributed by atoms with Crippen molar-refractivity contribution in [3.05, 3.63) is 59.6 Å². The van der Waals surface area contributed by atoms with E-state index in [1.165, 1.54) is 23.7 Å². The number of ketones is 1. The molecule has 2 aromatic rings. The number of nitrogens with zero attached hydrogens (tertiary/aromatic N) is 2. The van der Waals surface area contributed by atoms with E-state index in [9.17, 15) is 19.7 Å². The standard InChI is InChI=1S/C13H11BrN2O4S/c14-9-7-15(8-10(13(9)18)16(19)20)5-1-3-11(17)12-4-2-6-21-12/h2,4,6-8H,1,3,5H2. The van der Waals surface area contributed by atoms with Crippen LogP contribution in [0.5, 0.6) is 0 Å². The highest BCUT2D eigenvalue weighted by atomic mass is 79.9. The van der Waals surface area contributed by atoms with Crippen molar-refractivity contribution in [2.45, 2.75) is 19.4 Å². The first-order valence-corrected chi connectivity index (χ1v) is 7.77. The molecule has 0 N–H and O–H groups in total. The van der Waals surface area contributed by atoms with Gasteiger partial charge in [0.1, 0.15) is 0 Å². The van der Waals surface area contributed by atoms with E-state index < -0.39 is 16.0 Å². The number of nitro groups is 1. The summed E-state index contributed by atoms with van der Waals surface area (Å²) in [5.74, 6) is 0.0552. The molecule has 0 saturated heterocycles. The average Bonchev–Trinajstić information content (AvgIpc) is 2.96. The van der Waals surface area contributed by atoms with Gasteiger partial charge in [0.15, 0.2) is 5.78 Å². The molecular formula is C13H11BrN2O4S. The molecule has 0 bridgehead atoms. The molecule has 0 amide bonds. The number of halogens is 1. The third-order valence-corrected chi connectivity index (χ3v) is 4.31. The average molecular weight is 371 g/mol. The SMILES string of the molecule is O=C(CCCn1cc(Br)c(=O)c([N+](=O)[O-])c1)c1cccs1. The molecule has 0 aliphatic heterocycles. The van der Waals surface area contributed by atoms with Gasteiger partial charge < -0.3 is 4.57 Å². The van der Waals surface area contributed by atoms with Crippen LogP contribution < -0.4 is 5.43 Å². The van der Waals surface area contributed by atoms with Gasteiger partial charge in [0.2, 0.25) is 0 Å². The summed E-state index contributed by atoms with van der Waals surface area (Å²) in [5.41, 5.74) is -1.13. The summed E-state index contributed by atoms with van der Waals surface area (Å²) >= 11 is 4.41. The number of hydrogen-bond acceptors (Lipinski definition) is 5. The van der Waals surface area contributed by atoms with Crippen molar-refractivity contribution < 1.29 is 9.72 Å². The minimum absolute atomic E-state index is 0.0552. The Hall–Kier alpha value is -1.80. The lowest BCUT2D eigenvalue weighted by Gasteiger charge is -2.06. The second kappa shape index (κ2) is 6.77. The first kappa shape index (κ1) is 15.6. The molecule has 0 aliphatic rings. The van der Waals surface area contributed by atoms with E-state index in [4.69, 9.17) is 0 Å². The number of carbonyl (C=O) groups is 1. The topological polar surface area (TPSA) is 82.2 Å². The molecule has 0 unspecified atom stereocenters.